The van der Waals surface area contributed by atoms with Crippen LogP contribution in [0.5, 0.6) is 5.75 Å². The van der Waals surface area contributed by atoms with Crippen molar-refractivity contribution in [2.45, 2.75) is 46.3 Å². The molecule has 3 heteroatoms. The van der Waals surface area contributed by atoms with Crippen molar-refractivity contribution >= 4 is 5.78 Å². The van der Waals surface area contributed by atoms with Crippen molar-refractivity contribution in [3.05, 3.63) is 29.8 Å². The Morgan fingerprint density at radius 3 is 2.22 bits per heavy atom. The van der Waals surface area contributed by atoms with E-state index in [0.717, 1.165) is 12.2 Å². The number of hydrogen-bond donors (Lipinski definition) is 1. The monoisotopic (exact) mass is 249 g/mol. The van der Waals surface area contributed by atoms with Crippen LogP contribution < -0.4 is 10.5 Å². The van der Waals surface area contributed by atoms with Crippen LogP contribution in [0.3, 0.4) is 0 Å². The van der Waals surface area contributed by atoms with Gasteiger partial charge in [0.2, 0.25) is 0 Å². The highest BCUT2D eigenvalue weighted by Gasteiger charge is 2.20. The van der Waals surface area contributed by atoms with E-state index >= 15 is 0 Å². The predicted octanol–water partition coefficient (Wildman–Crippen LogP) is 3.03. The zero-order valence-electron chi connectivity index (χ0n) is 11.6. The molecule has 0 aliphatic heterocycles. The second-order valence-corrected chi connectivity index (χ2v) is 4.97. The minimum absolute atomic E-state index is 0.000414. The fourth-order valence-electron chi connectivity index (χ4n) is 1.67. The maximum Gasteiger partial charge on any atom is 0.179 e. The van der Waals surface area contributed by atoms with Gasteiger partial charge in [0, 0.05) is 5.56 Å². The van der Waals surface area contributed by atoms with E-state index in [4.69, 9.17) is 10.5 Å². The normalized spacial score (nSPS) is 14.3. The lowest BCUT2D eigenvalue weighted by atomic mass is 9.93. The third kappa shape index (κ3) is 3.84. The first kappa shape index (κ1) is 14.7. The molecule has 1 aromatic carbocycles. The van der Waals surface area contributed by atoms with Gasteiger partial charge in [-0.15, -0.1) is 0 Å². The molecule has 1 aromatic rings. The molecule has 1 rings (SSSR count). The zero-order chi connectivity index (χ0) is 13.7. The zero-order valence-corrected chi connectivity index (χ0v) is 11.6. The molecule has 3 nitrogen and oxygen atoms in total. The fraction of sp³-hybridized carbons (Fsp3) is 0.533. The van der Waals surface area contributed by atoms with Gasteiger partial charge in [-0.2, -0.15) is 0 Å². The van der Waals surface area contributed by atoms with Crippen LogP contribution in [0.15, 0.2) is 24.3 Å². The number of carbonyl (C=O) groups is 1. The Balaban J connectivity index is 2.75. The number of Topliss-reactive ketones (excluding diaryl/α,β-unsaturated/α-hetero) is 1. The summed E-state index contributed by atoms with van der Waals surface area (Å²) in [4.78, 5) is 12.1. The Morgan fingerprint density at radius 2 is 1.78 bits per heavy atom. The number of carbonyl (C=O) groups excluding carboxylic acids is 1. The van der Waals surface area contributed by atoms with E-state index in [1.165, 1.54) is 0 Å². The molecule has 0 heterocycles. The molecule has 2 atom stereocenters. The van der Waals surface area contributed by atoms with Crippen LogP contribution in [-0.2, 0) is 0 Å². The Morgan fingerprint density at radius 1 is 1.22 bits per heavy atom. The van der Waals surface area contributed by atoms with Gasteiger partial charge in [-0.05, 0) is 44.0 Å². The first-order valence-electron chi connectivity index (χ1n) is 6.52. The van der Waals surface area contributed by atoms with E-state index in [-0.39, 0.29) is 17.8 Å². The number of ether oxygens (including phenoxy) is 1. The van der Waals surface area contributed by atoms with E-state index in [1.54, 1.807) is 12.1 Å². The summed E-state index contributed by atoms with van der Waals surface area (Å²) in [7, 11) is 0. The van der Waals surface area contributed by atoms with Gasteiger partial charge in [0.1, 0.15) is 5.75 Å². The van der Waals surface area contributed by atoms with Crippen LogP contribution in [0.1, 0.15) is 44.5 Å². The molecular formula is C15H23NO2. The minimum atomic E-state index is -0.424. The summed E-state index contributed by atoms with van der Waals surface area (Å²) >= 11 is 0. The number of ketones is 1. The molecular weight excluding hydrogens is 226 g/mol. The second kappa shape index (κ2) is 6.55. The van der Waals surface area contributed by atoms with Crippen molar-refractivity contribution in [3.8, 4) is 5.75 Å². The van der Waals surface area contributed by atoms with Crippen molar-refractivity contribution < 1.29 is 9.53 Å². The molecule has 0 aliphatic carbocycles. The molecule has 0 saturated carbocycles. The summed E-state index contributed by atoms with van der Waals surface area (Å²) in [6, 6.07) is 6.77. The fourth-order valence-corrected chi connectivity index (χ4v) is 1.67. The van der Waals surface area contributed by atoms with Gasteiger partial charge in [0.15, 0.2) is 5.78 Å². The molecule has 2 unspecified atom stereocenters. The average Bonchev–Trinajstić information content (AvgIpc) is 2.36. The number of benzene rings is 1. The molecule has 0 spiro atoms. The molecule has 0 aromatic heterocycles. The first-order chi connectivity index (χ1) is 8.45. The van der Waals surface area contributed by atoms with Gasteiger partial charge in [0.25, 0.3) is 0 Å². The SMILES string of the molecule is CCC(C)C(N)C(=O)c1ccc(OC(C)C)cc1. The minimum Gasteiger partial charge on any atom is -0.491 e. The van der Waals surface area contributed by atoms with Crippen LogP contribution in [0.2, 0.25) is 0 Å². The van der Waals surface area contributed by atoms with Crippen molar-refractivity contribution in [1.82, 2.24) is 0 Å². The van der Waals surface area contributed by atoms with Gasteiger partial charge < -0.3 is 10.5 Å². The summed E-state index contributed by atoms with van der Waals surface area (Å²) in [5.74, 6) is 0.975. The Labute approximate surface area is 109 Å². The predicted molar refractivity (Wildman–Crippen MR) is 74.0 cm³/mol. The molecule has 0 fully saturated rings. The Kier molecular flexibility index (Phi) is 5.35. The van der Waals surface area contributed by atoms with E-state index in [9.17, 15) is 4.79 Å². The highest BCUT2D eigenvalue weighted by Crippen LogP contribution is 2.17. The molecule has 2 N–H and O–H groups in total. The maximum atomic E-state index is 12.1. The smallest absolute Gasteiger partial charge is 0.179 e. The lowest BCUT2D eigenvalue weighted by Gasteiger charge is -2.17. The third-order valence-electron chi connectivity index (χ3n) is 3.07. The van der Waals surface area contributed by atoms with Crippen molar-refractivity contribution in [3.63, 3.8) is 0 Å². The van der Waals surface area contributed by atoms with Crippen LogP contribution >= 0.6 is 0 Å². The summed E-state index contributed by atoms with van der Waals surface area (Å²) in [5, 5.41) is 0. The standard InChI is InChI=1S/C15H23NO2/c1-5-11(4)14(16)15(17)12-6-8-13(9-7-12)18-10(2)3/h6-11,14H,5,16H2,1-4H3. The van der Waals surface area contributed by atoms with E-state index < -0.39 is 6.04 Å². The molecule has 0 aliphatic rings. The van der Waals surface area contributed by atoms with Gasteiger partial charge in [-0.1, -0.05) is 20.3 Å². The largest absolute Gasteiger partial charge is 0.491 e. The summed E-state index contributed by atoms with van der Waals surface area (Å²) in [5.41, 5.74) is 6.59. The van der Waals surface area contributed by atoms with E-state index in [1.807, 2.05) is 39.8 Å². The van der Waals surface area contributed by atoms with Crippen molar-refractivity contribution in [2.24, 2.45) is 11.7 Å². The van der Waals surface area contributed by atoms with Gasteiger partial charge >= 0.3 is 0 Å². The quantitative estimate of drug-likeness (QED) is 0.788. The molecule has 18 heavy (non-hydrogen) atoms. The topological polar surface area (TPSA) is 52.3 Å². The van der Waals surface area contributed by atoms with Gasteiger partial charge in [-0.25, -0.2) is 0 Å². The van der Waals surface area contributed by atoms with Crippen LogP contribution in [0.25, 0.3) is 0 Å². The Hall–Kier alpha value is -1.35. The second-order valence-electron chi connectivity index (χ2n) is 4.97. The van der Waals surface area contributed by atoms with Crippen LogP contribution in [-0.4, -0.2) is 17.9 Å². The number of rotatable bonds is 6. The van der Waals surface area contributed by atoms with Crippen LogP contribution in [0.4, 0.5) is 0 Å². The maximum absolute atomic E-state index is 12.1. The first-order valence-corrected chi connectivity index (χ1v) is 6.52. The lowest BCUT2D eigenvalue weighted by Crippen LogP contribution is -2.36. The molecule has 100 valence electrons. The molecule has 0 amide bonds. The molecule has 0 bridgehead atoms. The summed E-state index contributed by atoms with van der Waals surface area (Å²) in [6.07, 6.45) is 1.04. The van der Waals surface area contributed by atoms with Crippen LogP contribution in [0, 0.1) is 5.92 Å². The molecule has 0 saturated heterocycles. The lowest BCUT2D eigenvalue weighted by molar-refractivity contribution is 0.0935. The average molecular weight is 249 g/mol. The summed E-state index contributed by atoms with van der Waals surface area (Å²) in [6.45, 7) is 7.98. The number of nitrogens with two attached hydrogens (primary N) is 1. The van der Waals surface area contributed by atoms with Gasteiger partial charge in [0.05, 0.1) is 12.1 Å². The highest BCUT2D eigenvalue weighted by molar-refractivity contribution is 6.00. The number of hydrogen-bond acceptors (Lipinski definition) is 3. The van der Waals surface area contributed by atoms with Crippen molar-refractivity contribution in [2.75, 3.05) is 0 Å². The molecule has 0 radical (unpaired) electrons. The van der Waals surface area contributed by atoms with E-state index in [0.29, 0.717) is 5.56 Å². The van der Waals surface area contributed by atoms with Crippen molar-refractivity contribution in [1.29, 1.82) is 0 Å². The highest BCUT2D eigenvalue weighted by atomic mass is 16.5. The Bertz CT molecular complexity index is 384. The third-order valence-corrected chi connectivity index (χ3v) is 3.07. The van der Waals surface area contributed by atoms with E-state index in [2.05, 4.69) is 0 Å². The summed E-state index contributed by atoms with van der Waals surface area (Å²) < 4.78 is 5.54. The van der Waals surface area contributed by atoms with Gasteiger partial charge in [-0.3, -0.25) is 4.79 Å².